The van der Waals surface area contributed by atoms with Crippen molar-refractivity contribution < 1.29 is 14.3 Å². The maximum atomic E-state index is 13.1. The zero-order valence-electron chi connectivity index (χ0n) is 10.7. The molecule has 4 nitrogen and oxygen atoms in total. The summed E-state index contributed by atoms with van der Waals surface area (Å²) in [5.41, 5.74) is 4.85. The van der Waals surface area contributed by atoms with Crippen molar-refractivity contribution in [2.75, 3.05) is 12.3 Å². The number of halogens is 1. The Morgan fingerprint density at radius 3 is 2.72 bits per heavy atom. The van der Waals surface area contributed by atoms with Gasteiger partial charge < -0.3 is 16.2 Å². The first-order chi connectivity index (χ1) is 8.34. The SMILES string of the molecule is CCCC(C)(O)CNC(=O)c1cc(N)cc(F)c1. The lowest BCUT2D eigenvalue weighted by Gasteiger charge is -2.22. The largest absolute Gasteiger partial charge is 0.399 e. The van der Waals surface area contributed by atoms with E-state index in [-0.39, 0.29) is 17.8 Å². The molecule has 0 aliphatic rings. The molecule has 5 heteroatoms. The summed E-state index contributed by atoms with van der Waals surface area (Å²) in [6.45, 7) is 3.72. The predicted molar refractivity (Wildman–Crippen MR) is 68.7 cm³/mol. The molecule has 1 amide bonds. The number of hydrogen-bond donors (Lipinski definition) is 3. The molecule has 0 radical (unpaired) electrons. The second kappa shape index (κ2) is 5.82. The standard InChI is InChI=1S/C13H19FN2O2/c1-3-4-13(2,18)8-16-12(17)9-5-10(14)7-11(15)6-9/h5-7,18H,3-4,8,15H2,1-2H3,(H,16,17). The molecule has 0 bridgehead atoms. The third-order valence-corrected chi connectivity index (χ3v) is 2.60. The minimum Gasteiger partial charge on any atom is -0.399 e. The molecule has 0 saturated heterocycles. The van der Waals surface area contributed by atoms with Gasteiger partial charge in [-0.15, -0.1) is 0 Å². The molecular formula is C13H19FN2O2. The molecule has 0 aliphatic heterocycles. The Morgan fingerprint density at radius 2 is 2.17 bits per heavy atom. The molecule has 0 aromatic heterocycles. The van der Waals surface area contributed by atoms with Crippen LogP contribution in [-0.4, -0.2) is 23.2 Å². The summed E-state index contributed by atoms with van der Waals surface area (Å²) in [6, 6.07) is 3.65. The topological polar surface area (TPSA) is 75.3 Å². The van der Waals surface area contributed by atoms with Crippen LogP contribution in [0.1, 0.15) is 37.0 Å². The number of amides is 1. The molecule has 1 aromatic carbocycles. The number of aliphatic hydroxyl groups is 1. The molecule has 0 saturated carbocycles. The minimum absolute atomic E-state index is 0.121. The third-order valence-electron chi connectivity index (χ3n) is 2.60. The van der Waals surface area contributed by atoms with Crippen LogP contribution in [0, 0.1) is 5.82 Å². The van der Waals surface area contributed by atoms with Gasteiger partial charge in [-0.25, -0.2) is 4.39 Å². The van der Waals surface area contributed by atoms with Crippen LogP contribution in [0.15, 0.2) is 18.2 Å². The van der Waals surface area contributed by atoms with E-state index in [2.05, 4.69) is 5.32 Å². The van der Waals surface area contributed by atoms with Crippen molar-refractivity contribution >= 4 is 11.6 Å². The lowest BCUT2D eigenvalue weighted by atomic mass is 10.0. The van der Waals surface area contributed by atoms with Crippen molar-refractivity contribution in [1.82, 2.24) is 5.32 Å². The molecule has 0 heterocycles. The summed E-state index contributed by atoms with van der Waals surface area (Å²) in [7, 11) is 0. The van der Waals surface area contributed by atoms with E-state index in [1.807, 2.05) is 6.92 Å². The third kappa shape index (κ3) is 4.33. The van der Waals surface area contributed by atoms with Crippen LogP contribution in [0.2, 0.25) is 0 Å². The van der Waals surface area contributed by atoms with E-state index in [4.69, 9.17) is 5.73 Å². The van der Waals surface area contributed by atoms with Crippen LogP contribution in [0.4, 0.5) is 10.1 Å². The number of rotatable bonds is 5. The Morgan fingerprint density at radius 1 is 1.50 bits per heavy atom. The van der Waals surface area contributed by atoms with E-state index in [1.165, 1.54) is 6.07 Å². The Kier molecular flexibility index (Phi) is 4.67. The summed E-state index contributed by atoms with van der Waals surface area (Å²) < 4.78 is 13.1. The van der Waals surface area contributed by atoms with E-state index in [0.29, 0.717) is 6.42 Å². The van der Waals surface area contributed by atoms with Crippen LogP contribution >= 0.6 is 0 Å². The lowest BCUT2D eigenvalue weighted by molar-refractivity contribution is 0.0469. The van der Waals surface area contributed by atoms with Crippen molar-refractivity contribution in [3.8, 4) is 0 Å². The normalized spacial score (nSPS) is 14.0. The maximum Gasteiger partial charge on any atom is 0.251 e. The molecule has 100 valence electrons. The highest BCUT2D eigenvalue weighted by Crippen LogP contribution is 2.13. The summed E-state index contributed by atoms with van der Waals surface area (Å²) in [5.74, 6) is -1.00. The average molecular weight is 254 g/mol. The predicted octanol–water partition coefficient (Wildman–Crippen LogP) is 1.69. The molecule has 18 heavy (non-hydrogen) atoms. The molecule has 1 atom stereocenters. The number of nitrogens with two attached hydrogens (primary N) is 1. The van der Waals surface area contributed by atoms with E-state index >= 15 is 0 Å². The smallest absolute Gasteiger partial charge is 0.251 e. The van der Waals surface area contributed by atoms with Gasteiger partial charge in [-0.1, -0.05) is 13.3 Å². The average Bonchev–Trinajstić information content (AvgIpc) is 2.24. The zero-order valence-corrected chi connectivity index (χ0v) is 10.7. The van der Waals surface area contributed by atoms with Gasteiger partial charge in [0.2, 0.25) is 0 Å². The Balaban J connectivity index is 2.66. The molecule has 1 rings (SSSR count). The first kappa shape index (κ1) is 14.4. The number of carbonyl (C=O) groups is 1. The molecule has 0 spiro atoms. The van der Waals surface area contributed by atoms with Crippen molar-refractivity contribution in [1.29, 1.82) is 0 Å². The number of benzene rings is 1. The van der Waals surface area contributed by atoms with Crippen LogP contribution in [0.25, 0.3) is 0 Å². The highest BCUT2D eigenvalue weighted by atomic mass is 19.1. The van der Waals surface area contributed by atoms with Gasteiger partial charge in [-0.3, -0.25) is 4.79 Å². The second-order valence-electron chi connectivity index (χ2n) is 4.70. The zero-order chi connectivity index (χ0) is 13.8. The number of hydrogen-bond acceptors (Lipinski definition) is 3. The minimum atomic E-state index is -0.955. The maximum absolute atomic E-state index is 13.1. The lowest BCUT2D eigenvalue weighted by Crippen LogP contribution is -2.40. The fourth-order valence-electron chi connectivity index (χ4n) is 1.74. The molecule has 0 fully saturated rings. The summed E-state index contributed by atoms with van der Waals surface area (Å²) in [5, 5.41) is 12.5. The van der Waals surface area contributed by atoms with Crippen LogP contribution in [0.5, 0.6) is 0 Å². The van der Waals surface area contributed by atoms with Gasteiger partial charge in [0.05, 0.1) is 5.60 Å². The Bertz CT molecular complexity index is 413. The Labute approximate surface area is 106 Å². The van der Waals surface area contributed by atoms with Gasteiger partial charge >= 0.3 is 0 Å². The van der Waals surface area contributed by atoms with Crippen molar-refractivity contribution in [3.63, 3.8) is 0 Å². The summed E-state index contributed by atoms with van der Waals surface area (Å²) >= 11 is 0. The summed E-state index contributed by atoms with van der Waals surface area (Å²) in [6.07, 6.45) is 1.40. The molecule has 4 N–H and O–H groups in total. The van der Waals surface area contributed by atoms with Crippen LogP contribution in [0.3, 0.4) is 0 Å². The second-order valence-corrected chi connectivity index (χ2v) is 4.70. The van der Waals surface area contributed by atoms with Crippen LogP contribution in [-0.2, 0) is 0 Å². The highest BCUT2D eigenvalue weighted by molar-refractivity contribution is 5.95. The molecule has 1 aromatic rings. The van der Waals surface area contributed by atoms with Gasteiger partial charge in [0.15, 0.2) is 0 Å². The van der Waals surface area contributed by atoms with Gasteiger partial charge in [0.25, 0.3) is 5.91 Å². The van der Waals surface area contributed by atoms with E-state index in [0.717, 1.165) is 18.6 Å². The van der Waals surface area contributed by atoms with Gasteiger partial charge in [0, 0.05) is 17.8 Å². The number of carbonyl (C=O) groups excluding carboxylic acids is 1. The van der Waals surface area contributed by atoms with E-state index in [9.17, 15) is 14.3 Å². The quantitative estimate of drug-likeness (QED) is 0.700. The fraction of sp³-hybridized carbons (Fsp3) is 0.462. The molecule has 1 unspecified atom stereocenters. The number of nitrogen functional groups attached to an aromatic ring is 1. The van der Waals surface area contributed by atoms with Crippen LogP contribution < -0.4 is 11.1 Å². The number of nitrogens with one attached hydrogen (secondary N) is 1. The fourth-order valence-corrected chi connectivity index (χ4v) is 1.74. The first-order valence-electron chi connectivity index (χ1n) is 5.91. The van der Waals surface area contributed by atoms with E-state index < -0.39 is 17.3 Å². The molecular weight excluding hydrogens is 235 g/mol. The summed E-state index contributed by atoms with van der Waals surface area (Å²) in [4.78, 5) is 11.8. The van der Waals surface area contributed by atoms with E-state index in [1.54, 1.807) is 6.92 Å². The van der Waals surface area contributed by atoms with Gasteiger partial charge in [0.1, 0.15) is 5.82 Å². The molecule has 0 aliphatic carbocycles. The van der Waals surface area contributed by atoms with Crippen molar-refractivity contribution in [2.45, 2.75) is 32.3 Å². The van der Waals surface area contributed by atoms with Gasteiger partial charge in [-0.2, -0.15) is 0 Å². The first-order valence-corrected chi connectivity index (χ1v) is 5.91. The van der Waals surface area contributed by atoms with Crippen molar-refractivity contribution in [3.05, 3.63) is 29.6 Å². The highest BCUT2D eigenvalue weighted by Gasteiger charge is 2.20. The van der Waals surface area contributed by atoms with Crippen molar-refractivity contribution in [2.24, 2.45) is 0 Å². The van der Waals surface area contributed by atoms with Gasteiger partial charge in [-0.05, 0) is 31.5 Å². The number of anilines is 1. The Hall–Kier alpha value is -1.62. The monoisotopic (exact) mass is 254 g/mol.